The molecule has 0 spiro atoms. The topological polar surface area (TPSA) is 58.2 Å². The van der Waals surface area contributed by atoms with E-state index in [9.17, 15) is 8.42 Å². The van der Waals surface area contributed by atoms with E-state index in [1.165, 1.54) is 6.07 Å². The number of hydrogen-bond acceptors (Lipinski definition) is 3. The SMILES string of the molecule is CCNCc1c(Cl)ccc(S(=O)(=O)NC2CC2(C)C)c1Cl. The lowest BCUT2D eigenvalue weighted by atomic mass is 10.2. The molecule has 1 aromatic carbocycles. The van der Waals surface area contributed by atoms with Crippen LogP contribution in [0.5, 0.6) is 0 Å². The summed E-state index contributed by atoms with van der Waals surface area (Å²) in [5.74, 6) is 0. The Labute approximate surface area is 136 Å². The summed E-state index contributed by atoms with van der Waals surface area (Å²) >= 11 is 12.4. The molecule has 2 N–H and O–H groups in total. The Balaban J connectivity index is 2.31. The summed E-state index contributed by atoms with van der Waals surface area (Å²) in [6.07, 6.45) is 0.835. The molecule has 1 saturated carbocycles. The van der Waals surface area contributed by atoms with Crippen LogP contribution >= 0.6 is 23.2 Å². The first kappa shape index (κ1) is 17.0. The molecule has 1 aliphatic rings. The third kappa shape index (κ3) is 3.71. The maximum atomic E-state index is 12.5. The van der Waals surface area contributed by atoms with Crippen LogP contribution in [0.15, 0.2) is 17.0 Å². The van der Waals surface area contributed by atoms with Crippen LogP contribution in [0.25, 0.3) is 0 Å². The van der Waals surface area contributed by atoms with Crippen molar-refractivity contribution in [1.82, 2.24) is 10.0 Å². The highest BCUT2D eigenvalue weighted by Crippen LogP contribution is 2.45. The molecule has 0 aromatic heterocycles. The third-order valence-electron chi connectivity index (χ3n) is 3.80. The Morgan fingerprint density at radius 1 is 1.33 bits per heavy atom. The second-order valence-corrected chi connectivity index (χ2v) is 8.45. The Morgan fingerprint density at radius 3 is 2.48 bits per heavy atom. The lowest BCUT2D eigenvalue weighted by molar-refractivity contribution is 0.555. The number of rotatable bonds is 6. The third-order valence-corrected chi connectivity index (χ3v) is 6.21. The van der Waals surface area contributed by atoms with Gasteiger partial charge in [0.05, 0.1) is 5.02 Å². The maximum Gasteiger partial charge on any atom is 0.242 e. The van der Waals surface area contributed by atoms with Crippen molar-refractivity contribution >= 4 is 33.2 Å². The molecule has 118 valence electrons. The van der Waals surface area contributed by atoms with Crippen LogP contribution in [0.4, 0.5) is 0 Å². The van der Waals surface area contributed by atoms with E-state index >= 15 is 0 Å². The summed E-state index contributed by atoms with van der Waals surface area (Å²) in [7, 11) is -3.63. The molecule has 0 aliphatic heterocycles. The van der Waals surface area contributed by atoms with E-state index in [-0.39, 0.29) is 21.4 Å². The van der Waals surface area contributed by atoms with Crippen LogP contribution in [0.1, 0.15) is 32.8 Å². The van der Waals surface area contributed by atoms with Crippen LogP contribution in [-0.4, -0.2) is 21.0 Å². The van der Waals surface area contributed by atoms with Crippen LogP contribution in [-0.2, 0) is 16.6 Å². The number of nitrogens with one attached hydrogen (secondary N) is 2. The first-order valence-electron chi connectivity index (χ1n) is 6.89. The van der Waals surface area contributed by atoms with Crippen molar-refractivity contribution in [1.29, 1.82) is 0 Å². The van der Waals surface area contributed by atoms with Crippen molar-refractivity contribution in [2.75, 3.05) is 6.54 Å². The minimum Gasteiger partial charge on any atom is -0.313 e. The van der Waals surface area contributed by atoms with Crippen molar-refractivity contribution in [3.05, 3.63) is 27.7 Å². The lowest BCUT2D eigenvalue weighted by Gasteiger charge is -2.14. The fourth-order valence-electron chi connectivity index (χ4n) is 2.11. The fraction of sp³-hybridized carbons (Fsp3) is 0.571. The first-order valence-corrected chi connectivity index (χ1v) is 9.13. The highest BCUT2D eigenvalue weighted by Gasteiger charge is 2.48. The van der Waals surface area contributed by atoms with Gasteiger partial charge in [0, 0.05) is 23.2 Å². The summed E-state index contributed by atoms with van der Waals surface area (Å²) in [6, 6.07) is 3.00. The molecule has 1 aliphatic carbocycles. The average Bonchev–Trinajstić information content (AvgIpc) is 2.94. The molecular weight excluding hydrogens is 331 g/mol. The zero-order valence-electron chi connectivity index (χ0n) is 12.3. The molecule has 0 amide bonds. The minimum absolute atomic E-state index is 0.0125. The molecule has 1 aromatic rings. The Morgan fingerprint density at radius 2 is 1.95 bits per heavy atom. The molecule has 0 heterocycles. The summed E-state index contributed by atoms with van der Waals surface area (Å²) in [5, 5.41) is 3.76. The van der Waals surface area contributed by atoms with Gasteiger partial charge in [-0.05, 0) is 30.5 Å². The summed E-state index contributed by atoms with van der Waals surface area (Å²) in [5.41, 5.74) is 0.622. The minimum atomic E-state index is -3.63. The largest absolute Gasteiger partial charge is 0.313 e. The van der Waals surface area contributed by atoms with Crippen molar-refractivity contribution in [2.45, 2.75) is 44.7 Å². The highest BCUT2D eigenvalue weighted by molar-refractivity contribution is 7.89. The average molecular weight is 351 g/mol. The molecule has 0 saturated heterocycles. The predicted molar refractivity (Wildman–Crippen MR) is 86.4 cm³/mol. The number of hydrogen-bond donors (Lipinski definition) is 2. The standard InChI is InChI=1S/C14H20Cl2N2O2S/c1-4-17-8-9-10(15)5-6-11(13(9)16)21(19,20)18-12-7-14(12,2)3/h5-6,12,17-18H,4,7-8H2,1-3H3. The van der Waals surface area contributed by atoms with Gasteiger partial charge in [-0.25, -0.2) is 13.1 Å². The summed E-state index contributed by atoms with van der Waals surface area (Å²) in [6.45, 7) is 7.20. The van der Waals surface area contributed by atoms with Gasteiger partial charge in [-0.15, -0.1) is 0 Å². The molecule has 2 rings (SSSR count). The van der Waals surface area contributed by atoms with Gasteiger partial charge in [0.25, 0.3) is 0 Å². The highest BCUT2D eigenvalue weighted by atomic mass is 35.5. The van der Waals surface area contributed by atoms with Gasteiger partial charge in [0.15, 0.2) is 0 Å². The van der Waals surface area contributed by atoms with E-state index in [1.807, 2.05) is 20.8 Å². The quantitative estimate of drug-likeness (QED) is 0.828. The molecule has 1 fully saturated rings. The molecular formula is C14H20Cl2N2O2S. The monoisotopic (exact) mass is 350 g/mol. The Kier molecular flexibility index (Phi) is 4.90. The molecule has 1 atom stereocenters. The van der Waals surface area contributed by atoms with E-state index in [1.54, 1.807) is 6.07 Å². The number of sulfonamides is 1. The second-order valence-electron chi connectivity index (χ2n) is 5.98. The Hall–Kier alpha value is -0.330. The maximum absolute atomic E-state index is 12.5. The van der Waals surface area contributed by atoms with E-state index in [0.29, 0.717) is 17.1 Å². The van der Waals surface area contributed by atoms with E-state index in [4.69, 9.17) is 23.2 Å². The van der Waals surface area contributed by atoms with E-state index < -0.39 is 10.0 Å². The van der Waals surface area contributed by atoms with Crippen LogP contribution in [0.2, 0.25) is 10.0 Å². The zero-order valence-corrected chi connectivity index (χ0v) is 14.7. The summed E-state index contributed by atoms with van der Waals surface area (Å²) < 4.78 is 27.6. The molecule has 0 bridgehead atoms. The fourth-order valence-corrected chi connectivity index (χ4v) is 4.43. The second kappa shape index (κ2) is 6.05. The van der Waals surface area contributed by atoms with E-state index in [0.717, 1.165) is 13.0 Å². The number of benzene rings is 1. The molecule has 7 heteroatoms. The Bertz CT molecular complexity index is 645. The van der Waals surface area contributed by atoms with Crippen molar-refractivity contribution in [2.24, 2.45) is 5.41 Å². The van der Waals surface area contributed by atoms with Gasteiger partial charge in [-0.2, -0.15) is 0 Å². The molecule has 21 heavy (non-hydrogen) atoms. The van der Waals surface area contributed by atoms with Gasteiger partial charge >= 0.3 is 0 Å². The van der Waals surface area contributed by atoms with Gasteiger partial charge in [-0.1, -0.05) is 44.0 Å². The van der Waals surface area contributed by atoms with Gasteiger partial charge in [-0.3, -0.25) is 0 Å². The smallest absolute Gasteiger partial charge is 0.242 e. The zero-order chi connectivity index (χ0) is 15.8. The van der Waals surface area contributed by atoms with Crippen LogP contribution in [0.3, 0.4) is 0 Å². The van der Waals surface area contributed by atoms with Gasteiger partial charge in [0.1, 0.15) is 4.90 Å². The first-order chi connectivity index (χ1) is 9.69. The lowest BCUT2D eigenvalue weighted by Crippen LogP contribution is -2.29. The van der Waals surface area contributed by atoms with E-state index in [2.05, 4.69) is 10.0 Å². The normalized spacial score (nSPS) is 20.5. The van der Waals surface area contributed by atoms with Gasteiger partial charge in [0.2, 0.25) is 10.0 Å². The van der Waals surface area contributed by atoms with Crippen molar-refractivity contribution in [3.8, 4) is 0 Å². The number of halogens is 2. The summed E-state index contributed by atoms with van der Waals surface area (Å²) in [4.78, 5) is 0.0872. The van der Waals surface area contributed by atoms with Crippen LogP contribution in [0, 0.1) is 5.41 Å². The van der Waals surface area contributed by atoms with Crippen molar-refractivity contribution in [3.63, 3.8) is 0 Å². The van der Waals surface area contributed by atoms with Crippen molar-refractivity contribution < 1.29 is 8.42 Å². The molecule has 4 nitrogen and oxygen atoms in total. The molecule has 0 radical (unpaired) electrons. The van der Waals surface area contributed by atoms with Crippen LogP contribution < -0.4 is 10.0 Å². The predicted octanol–water partition coefficient (Wildman–Crippen LogP) is 3.18. The molecule has 1 unspecified atom stereocenters. The van der Waals surface area contributed by atoms with Gasteiger partial charge < -0.3 is 5.32 Å².